The quantitative estimate of drug-likeness (QED) is 0.943. The molecule has 1 aliphatic carbocycles. The number of hydrogen-bond donors (Lipinski definition) is 1. The lowest BCUT2D eigenvalue weighted by Crippen LogP contribution is -2.25. The SMILES string of the molecule is Cn1cc(C2CC2C(=O)Nc2ccc3c(c2)OC(F)(F)O3)cn1. The molecule has 0 bridgehead atoms. The monoisotopic (exact) mass is 321 g/mol. The fourth-order valence-electron chi connectivity index (χ4n) is 2.75. The highest BCUT2D eigenvalue weighted by Gasteiger charge is 2.45. The number of anilines is 1. The number of hydrogen-bond acceptors (Lipinski definition) is 4. The van der Waals surface area contributed by atoms with E-state index in [1.54, 1.807) is 10.9 Å². The Morgan fingerprint density at radius 2 is 2.17 bits per heavy atom. The summed E-state index contributed by atoms with van der Waals surface area (Å²) in [4.78, 5) is 12.2. The number of carbonyl (C=O) groups excluding carboxylic acids is 1. The molecule has 8 heteroatoms. The largest absolute Gasteiger partial charge is 0.586 e. The number of amides is 1. The molecule has 2 unspecified atom stereocenters. The van der Waals surface area contributed by atoms with E-state index in [4.69, 9.17) is 0 Å². The van der Waals surface area contributed by atoms with Crippen LogP contribution in [0.1, 0.15) is 17.9 Å². The maximum Gasteiger partial charge on any atom is 0.586 e. The van der Waals surface area contributed by atoms with Crippen LogP contribution in [0.3, 0.4) is 0 Å². The van der Waals surface area contributed by atoms with Crippen molar-refractivity contribution < 1.29 is 23.0 Å². The topological polar surface area (TPSA) is 65.4 Å². The minimum Gasteiger partial charge on any atom is -0.395 e. The van der Waals surface area contributed by atoms with E-state index in [9.17, 15) is 13.6 Å². The van der Waals surface area contributed by atoms with Gasteiger partial charge in [-0.15, -0.1) is 8.78 Å². The van der Waals surface area contributed by atoms with Crippen LogP contribution >= 0.6 is 0 Å². The predicted molar refractivity (Wildman–Crippen MR) is 75.3 cm³/mol. The third kappa shape index (κ3) is 2.60. The second-order valence-corrected chi connectivity index (χ2v) is 5.71. The van der Waals surface area contributed by atoms with Gasteiger partial charge in [0, 0.05) is 30.9 Å². The Morgan fingerprint density at radius 1 is 1.39 bits per heavy atom. The molecular weight excluding hydrogens is 308 g/mol. The Hall–Kier alpha value is -2.64. The van der Waals surface area contributed by atoms with E-state index in [1.165, 1.54) is 18.2 Å². The number of carbonyl (C=O) groups is 1. The first-order valence-electron chi connectivity index (χ1n) is 7.10. The van der Waals surface area contributed by atoms with Gasteiger partial charge in [0.2, 0.25) is 5.91 Å². The lowest BCUT2D eigenvalue weighted by atomic mass is 10.2. The molecule has 2 aliphatic rings. The minimum absolute atomic E-state index is 0.0485. The zero-order valence-corrected chi connectivity index (χ0v) is 12.1. The fourth-order valence-corrected chi connectivity index (χ4v) is 2.75. The van der Waals surface area contributed by atoms with Crippen LogP contribution in [-0.4, -0.2) is 22.0 Å². The van der Waals surface area contributed by atoms with E-state index in [2.05, 4.69) is 19.9 Å². The lowest BCUT2D eigenvalue weighted by molar-refractivity contribution is -0.286. The Bertz CT molecular complexity index is 790. The molecule has 120 valence electrons. The van der Waals surface area contributed by atoms with E-state index in [0.717, 1.165) is 12.0 Å². The number of nitrogens with one attached hydrogen (secondary N) is 1. The highest BCUT2D eigenvalue weighted by Crippen LogP contribution is 2.48. The van der Waals surface area contributed by atoms with Gasteiger partial charge in [-0.1, -0.05) is 0 Å². The molecule has 2 heterocycles. The van der Waals surface area contributed by atoms with Gasteiger partial charge < -0.3 is 14.8 Å². The van der Waals surface area contributed by atoms with Gasteiger partial charge in [0.1, 0.15) is 0 Å². The Labute approximate surface area is 130 Å². The van der Waals surface area contributed by atoms with E-state index in [1.807, 2.05) is 13.2 Å². The second-order valence-electron chi connectivity index (χ2n) is 5.71. The number of nitrogens with zero attached hydrogens (tertiary/aromatic N) is 2. The molecule has 1 N–H and O–H groups in total. The summed E-state index contributed by atoms with van der Waals surface area (Å²) < 4.78 is 36.3. The normalized spacial score (nSPS) is 23.6. The van der Waals surface area contributed by atoms with E-state index in [0.29, 0.717) is 5.69 Å². The molecule has 4 rings (SSSR count). The molecule has 1 aliphatic heterocycles. The Kier molecular flexibility index (Phi) is 2.84. The van der Waals surface area contributed by atoms with Crippen LogP contribution in [0.25, 0.3) is 0 Å². The van der Waals surface area contributed by atoms with Crippen molar-refractivity contribution in [2.45, 2.75) is 18.6 Å². The van der Waals surface area contributed by atoms with Crippen LogP contribution in [0, 0.1) is 5.92 Å². The number of alkyl halides is 2. The van der Waals surface area contributed by atoms with E-state index < -0.39 is 6.29 Å². The van der Waals surface area contributed by atoms with Gasteiger partial charge in [0.25, 0.3) is 0 Å². The first-order chi connectivity index (χ1) is 10.9. The summed E-state index contributed by atoms with van der Waals surface area (Å²) in [6.07, 6.45) is 0.730. The molecule has 1 amide bonds. The van der Waals surface area contributed by atoms with Crippen molar-refractivity contribution >= 4 is 11.6 Å². The predicted octanol–water partition coefficient (Wildman–Crippen LogP) is 2.48. The minimum atomic E-state index is -3.66. The van der Waals surface area contributed by atoms with Crippen molar-refractivity contribution in [2.24, 2.45) is 13.0 Å². The van der Waals surface area contributed by atoms with Gasteiger partial charge in [-0.05, 0) is 30.0 Å². The summed E-state index contributed by atoms with van der Waals surface area (Å²) in [7, 11) is 1.82. The van der Waals surface area contributed by atoms with Crippen LogP contribution in [0.2, 0.25) is 0 Å². The first-order valence-corrected chi connectivity index (χ1v) is 7.10. The molecule has 23 heavy (non-hydrogen) atoms. The highest BCUT2D eigenvalue weighted by molar-refractivity contribution is 5.95. The second kappa shape index (κ2) is 4.68. The standard InChI is InChI=1S/C15H13F2N3O3/c1-20-7-8(6-18-20)10-5-11(10)14(21)19-9-2-3-12-13(4-9)23-15(16,17)22-12/h2-4,6-7,10-11H,5H2,1H3,(H,19,21). The summed E-state index contributed by atoms with van der Waals surface area (Å²) in [5, 5.41) is 6.81. The van der Waals surface area contributed by atoms with Crippen LogP contribution in [0.5, 0.6) is 11.5 Å². The molecule has 2 aromatic rings. The first kappa shape index (κ1) is 14.0. The summed E-state index contributed by atoms with van der Waals surface area (Å²) in [5.41, 5.74) is 1.42. The fraction of sp³-hybridized carbons (Fsp3) is 0.333. The van der Waals surface area contributed by atoms with Crippen molar-refractivity contribution in [3.8, 4) is 11.5 Å². The maximum absolute atomic E-state index is 13.0. The highest BCUT2D eigenvalue weighted by atomic mass is 19.3. The van der Waals surface area contributed by atoms with E-state index >= 15 is 0 Å². The third-order valence-corrected chi connectivity index (χ3v) is 3.95. The number of ether oxygens (including phenoxy) is 2. The number of rotatable bonds is 3. The number of halogens is 2. The molecule has 1 aromatic carbocycles. The average molecular weight is 321 g/mol. The van der Waals surface area contributed by atoms with Gasteiger partial charge >= 0.3 is 6.29 Å². The smallest absolute Gasteiger partial charge is 0.395 e. The third-order valence-electron chi connectivity index (χ3n) is 3.95. The van der Waals surface area contributed by atoms with Gasteiger partial charge in [-0.2, -0.15) is 5.10 Å². The summed E-state index contributed by atoms with van der Waals surface area (Å²) >= 11 is 0. The van der Waals surface area contributed by atoms with Gasteiger partial charge in [-0.3, -0.25) is 9.48 Å². The Morgan fingerprint density at radius 3 is 2.91 bits per heavy atom. The van der Waals surface area contributed by atoms with Crippen LogP contribution in [-0.2, 0) is 11.8 Å². The molecular formula is C15H13F2N3O3. The number of fused-ring (bicyclic) bond motifs is 1. The zero-order valence-electron chi connectivity index (χ0n) is 12.1. The summed E-state index contributed by atoms with van der Waals surface area (Å²) in [6.45, 7) is 0. The number of benzene rings is 1. The summed E-state index contributed by atoms with van der Waals surface area (Å²) in [6, 6.07) is 4.18. The number of aromatic nitrogens is 2. The molecule has 2 atom stereocenters. The van der Waals surface area contributed by atoms with Gasteiger partial charge in [0.05, 0.1) is 6.20 Å². The van der Waals surface area contributed by atoms with Crippen LogP contribution in [0.4, 0.5) is 14.5 Å². The van der Waals surface area contributed by atoms with Crippen molar-refractivity contribution in [2.75, 3.05) is 5.32 Å². The average Bonchev–Trinajstić information content (AvgIpc) is 3.06. The lowest BCUT2D eigenvalue weighted by Gasteiger charge is -2.05. The maximum atomic E-state index is 13.0. The van der Waals surface area contributed by atoms with Crippen LogP contribution < -0.4 is 14.8 Å². The van der Waals surface area contributed by atoms with Crippen LogP contribution in [0.15, 0.2) is 30.6 Å². The van der Waals surface area contributed by atoms with Gasteiger partial charge in [0.15, 0.2) is 11.5 Å². The van der Waals surface area contributed by atoms with Crippen molar-refractivity contribution in [1.29, 1.82) is 0 Å². The molecule has 1 saturated carbocycles. The molecule has 6 nitrogen and oxygen atoms in total. The van der Waals surface area contributed by atoms with Crippen molar-refractivity contribution in [1.82, 2.24) is 9.78 Å². The zero-order chi connectivity index (χ0) is 16.2. The number of aryl methyl sites for hydroxylation is 1. The van der Waals surface area contributed by atoms with E-state index in [-0.39, 0.29) is 29.2 Å². The molecule has 0 radical (unpaired) electrons. The van der Waals surface area contributed by atoms with Crippen molar-refractivity contribution in [3.05, 3.63) is 36.2 Å². The van der Waals surface area contributed by atoms with Crippen molar-refractivity contribution in [3.63, 3.8) is 0 Å². The van der Waals surface area contributed by atoms with Gasteiger partial charge in [-0.25, -0.2) is 0 Å². The molecule has 1 fully saturated rings. The molecule has 1 aromatic heterocycles. The molecule has 0 spiro atoms. The summed E-state index contributed by atoms with van der Waals surface area (Å²) in [5.74, 6) is -0.266. The Balaban J connectivity index is 1.43. The molecule has 0 saturated heterocycles.